The summed E-state index contributed by atoms with van der Waals surface area (Å²) >= 11 is 0. The van der Waals surface area contributed by atoms with Gasteiger partial charge in [-0.15, -0.1) is 0 Å². The molecule has 4 rings (SSSR count). The lowest BCUT2D eigenvalue weighted by molar-refractivity contribution is -0.181. The van der Waals surface area contributed by atoms with E-state index in [0.717, 1.165) is 32.1 Å². The van der Waals surface area contributed by atoms with Gasteiger partial charge in [-0.25, -0.2) is 4.79 Å². The van der Waals surface area contributed by atoms with Crippen LogP contribution in [0.25, 0.3) is 0 Å². The average Bonchev–Trinajstić information content (AvgIpc) is 2.80. The quantitative estimate of drug-likeness (QED) is 0.773. The molecule has 0 radical (unpaired) electrons. The molecule has 24 heavy (non-hydrogen) atoms. The van der Waals surface area contributed by atoms with E-state index in [9.17, 15) is 19.8 Å². The van der Waals surface area contributed by atoms with Crippen molar-refractivity contribution in [3.05, 3.63) is 11.6 Å². The second-order valence-electron chi connectivity index (χ2n) is 9.02. The fraction of sp³-hybridized carbons (Fsp3) is 0.800. The first-order valence-electron chi connectivity index (χ1n) is 9.47. The number of allylic oxidation sites excluding steroid dienone is 1. The zero-order chi connectivity index (χ0) is 17.3. The van der Waals surface area contributed by atoms with E-state index in [2.05, 4.69) is 6.92 Å². The highest BCUT2D eigenvalue weighted by Gasteiger charge is 2.66. The summed E-state index contributed by atoms with van der Waals surface area (Å²) in [5.41, 5.74) is -0.740. The zero-order valence-corrected chi connectivity index (χ0v) is 14.6. The summed E-state index contributed by atoms with van der Waals surface area (Å²) in [5, 5.41) is 20.6. The molecule has 3 fully saturated rings. The van der Waals surface area contributed by atoms with Crippen LogP contribution in [0.3, 0.4) is 0 Å². The first-order valence-corrected chi connectivity index (χ1v) is 9.47. The number of carbonyl (C=O) groups excluding carboxylic acids is 1. The fourth-order valence-corrected chi connectivity index (χ4v) is 6.96. The molecule has 4 nitrogen and oxygen atoms in total. The van der Waals surface area contributed by atoms with Crippen molar-refractivity contribution in [3.63, 3.8) is 0 Å². The van der Waals surface area contributed by atoms with Crippen molar-refractivity contribution < 1.29 is 19.8 Å². The van der Waals surface area contributed by atoms with Crippen LogP contribution in [-0.2, 0) is 9.59 Å². The molecule has 0 amide bonds. The SMILES string of the molecule is CC1CC2=CC(=O)CCC2C2CC[C@@]3(C)C(CC[C@@]3(O)C(=O)O)C12. The first kappa shape index (κ1) is 16.3. The summed E-state index contributed by atoms with van der Waals surface area (Å²) in [4.78, 5) is 23.6. The Kier molecular flexibility index (Phi) is 3.51. The number of carbonyl (C=O) groups is 2. The van der Waals surface area contributed by atoms with Crippen molar-refractivity contribution in [2.75, 3.05) is 0 Å². The van der Waals surface area contributed by atoms with Crippen LogP contribution >= 0.6 is 0 Å². The molecule has 2 N–H and O–H groups in total. The van der Waals surface area contributed by atoms with Gasteiger partial charge in [0.25, 0.3) is 0 Å². The third kappa shape index (κ3) is 1.95. The molecule has 4 aliphatic carbocycles. The van der Waals surface area contributed by atoms with E-state index in [0.29, 0.717) is 36.5 Å². The van der Waals surface area contributed by atoms with Crippen molar-refractivity contribution in [2.45, 2.75) is 64.4 Å². The number of aliphatic carboxylic acids is 1. The standard InChI is InChI=1S/C20H28O4/c1-11-9-12-10-13(21)3-4-14(12)15-5-7-19(2)16(17(11)15)6-8-20(19,24)18(22)23/h10-11,14-17,24H,3-9H2,1-2H3,(H,22,23)/t11?,14?,15?,16?,17?,19-,20+/m0/s1. The van der Waals surface area contributed by atoms with E-state index in [1.807, 2.05) is 13.0 Å². The van der Waals surface area contributed by atoms with Crippen LogP contribution in [-0.4, -0.2) is 27.6 Å². The highest BCUT2D eigenvalue weighted by molar-refractivity contribution is 5.91. The Hall–Kier alpha value is -1.16. The minimum absolute atomic E-state index is 0.272. The maximum Gasteiger partial charge on any atom is 0.336 e. The number of hydrogen-bond donors (Lipinski definition) is 2. The Morgan fingerprint density at radius 1 is 1.25 bits per heavy atom. The molecule has 3 saturated carbocycles. The van der Waals surface area contributed by atoms with Gasteiger partial charge in [0.2, 0.25) is 0 Å². The summed E-state index contributed by atoms with van der Waals surface area (Å²) < 4.78 is 0. The van der Waals surface area contributed by atoms with Crippen LogP contribution in [0, 0.1) is 35.0 Å². The van der Waals surface area contributed by atoms with Crippen LogP contribution in [0.2, 0.25) is 0 Å². The molecule has 0 aromatic rings. The van der Waals surface area contributed by atoms with Crippen molar-refractivity contribution in [1.82, 2.24) is 0 Å². The number of aliphatic hydroxyl groups is 1. The first-order chi connectivity index (χ1) is 11.3. The summed E-state index contributed by atoms with van der Waals surface area (Å²) in [7, 11) is 0. The van der Waals surface area contributed by atoms with Gasteiger partial charge in [-0.05, 0) is 74.2 Å². The van der Waals surface area contributed by atoms with E-state index < -0.39 is 17.0 Å². The minimum atomic E-state index is -1.57. The maximum atomic E-state index is 11.8. The van der Waals surface area contributed by atoms with Crippen LogP contribution in [0.5, 0.6) is 0 Å². The lowest BCUT2D eigenvalue weighted by Gasteiger charge is -2.56. The molecule has 0 aliphatic heterocycles. The Labute approximate surface area is 143 Å². The van der Waals surface area contributed by atoms with Crippen LogP contribution in [0.1, 0.15) is 58.8 Å². The molecule has 4 aliphatic rings. The highest BCUT2D eigenvalue weighted by atomic mass is 16.4. The molecule has 0 spiro atoms. The third-order valence-electron chi connectivity index (χ3n) is 8.15. The largest absolute Gasteiger partial charge is 0.479 e. The van der Waals surface area contributed by atoms with Gasteiger partial charge in [0.15, 0.2) is 11.4 Å². The van der Waals surface area contributed by atoms with Gasteiger partial charge in [-0.1, -0.05) is 19.4 Å². The monoisotopic (exact) mass is 332 g/mol. The van der Waals surface area contributed by atoms with Gasteiger partial charge >= 0.3 is 5.97 Å². The van der Waals surface area contributed by atoms with Gasteiger partial charge in [-0.2, -0.15) is 0 Å². The number of carboxylic acids is 1. The molecule has 0 bridgehead atoms. The number of fused-ring (bicyclic) bond motifs is 5. The van der Waals surface area contributed by atoms with Gasteiger partial charge in [0, 0.05) is 11.8 Å². The molecule has 0 saturated heterocycles. The molecule has 7 atom stereocenters. The molecule has 0 aromatic heterocycles. The summed E-state index contributed by atoms with van der Waals surface area (Å²) in [5.74, 6) is 1.52. The predicted octanol–water partition coefficient (Wildman–Crippen LogP) is 3.19. The van der Waals surface area contributed by atoms with Crippen molar-refractivity contribution in [1.29, 1.82) is 0 Å². The normalized spacial score (nSPS) is 50.5. The second-order valence-corrected chi connectivity index (χ2v) is 9.02. The third-order valence-corrected chi connectivity index (χ3v) is 8.15. The van der Waals surface area contributed by atoms with Crippen molar-refractivity contribution in [3.8, 4) is 0 Å². The van der Waals surface area contributed by atoms with Crippen LogP contribution in [0.4, 0.5) is 0 Å². The van der Waals surface area contributed by atoms with Crippen LogP contribution in [0.15, 0.2) is 11.6 Å². The van der Waals surface area contributed by atoms with E-state index in [4.69, 9.17) is 0 Å². The lowest BCUT2D eigenvalue weighted by atomic mass is 9.48. The summed E-state index contributed by atoms with van der Waals surface area (Å²) in [6, 6.07) is 0. The van der Waals surface area contributed by atoms with Crippen molar-refractivity contribution >= 4 is 11.8 Å². The van der Waals surface area contributed by atoms with E-state index in [-0.39, 0.29) is 11.7 Å². The highest BCUT2D eigenvalue weighted by Crippen LogP contribution is 2.65. The molecule has 0 heterocycles. The Morgan fingerprint density at radius 2 is 2.00 bits per heavy atom. The molecular weight excluding hydrogens is 304 g/mol. The number of rotatable bonds is 1. The van der Waals surface area contributed by atoms with Gasteiger partial charge in [0.1, 0.15) is 0 Å². The number of ketones is 1. The Morgan fingerprint density at radius 3 is 2.71 bits per heavy atom. The van der Waals surface area contributed by atoms with Crippen LogP contribution < -0.4 is 0 Å². The molecule has 5 unspecified atom stereocenters. The predicted molar refractivity (Wildman–Crippen MR) is 89.2 cm³/mol. The topological polar surface area (TPSA) is 74.6 Å². The second kappa shape index (κ2) is 5.17. The molecule has 132 valence electrons. The Bertz CT molecular complexity index is 623. The Balaban J connectivity index is 1.70. The summed E-state index contributed by atoms with van der Waals surface area (Å²) in [6.07, 6.45) is 7.45. The summed E-state index contributed by atoms with van der Waals surface area (Å²) in [6.45, 7) is 4.27. The fourth-order valence-electron chi connectivity index (χ4n) is 6.96. The van der Waals surface area contributed by atoms with Gasteiger partial charge < -0.3 is 10.2 Å². The minimum Gasteiger partial charge on any atom is -0.479 e. The number of hydrogen-bond acceptors (Lipinski definition) is 3. The van der Waals surface area contributed by atoms with Gasteiger partial charge in [0.05, 0.1) is 0 Å². The maximum absolute atomic E-state index is 11.8. The molecular formula is C20H28O4. The molecule has 4 heteroatoms. The van der Waals surface area contributed by atoms with Crippen molar-refractivity contribution in [2.24, 2.45) is 35.0 Å². The zero-order valence-electron chi connectivity index (χ0n) is 14.6. The van der Waals surface area contributed by atoms with E-state index >= 15 is 0 Å². The average molecular weight is 332 g/mol. The molecule has 0 aromatic carbocycles. The van der Waals surface area contributed by atoms with Gasteiger partial charge in [-0.3, -0.25) is 4.79 Å². The lowest BCUT2D eigenvalue weighted by Crippen LogP contribution is -2.57. The van der Waals surface area contributed by atoms with E-state index in [1.54, 1.807) is 0 Å². The smallest absolute Gasteiger partial charge is 0.336 e. The van der Waals surface area contributed by atoms with E-state index in [1.165, 1.54) is 5.57 Å². The number of carboxylic acid groups (broad SMARTS) is 1.